The second-order valence-electron chi connectivity index (χ2n) is 4.30. The number of benzene rings is 1. The van der Waals surface area contributed by atoms with Crippen molar-refractivity contribution in [3.05, 3.63) is 41.2 Å². The van der Waals surface area contributed by atoms with E-state index in [-0.39, 0.29) is 22.6 Å². The van der Waals surface area contributed by atoms with Gasteiger partial charge >= 0.3 is 0 Å². The Hall–Kier alpha value is -1.11. The van der Waals surface area contributed by atoms with Crippen LogP contribution in [0.25, 0.3) is 0 Å². The highest BCUT2D eigenvalue weighted by molar-refractivity contribution is 7.91. The molecular weight excluding hydrogens is 321 g/mol. The average Bonchev–Trinajstić information content (AvgIpc) is 2.86. The molecule has 0 aliphatic rings. The van der Waals surface area contributed by atoms with Crippen LogP contribution in [0.15, 0.2) is 35.4 Å². The lowest BCUT2D eigenvalue weighted by Crippen LogP contribution is -2.13. The molecule has 0 spiro atoms. The van der Waals surface area contributed by atoms with Crippen molar-refractivity contribution in [2.24, 2.45) is 0 Å². The molecule has 20 heavy (non-hydrogen) atoms. The molecule has 0 saturated heterocycles. The third-order valence-corrected chi connectivity index (χ3v) is 4.91. The maximum atomic E-state index is 12.1. The fourth-order valence-electron chi connectivity index (χ4n) is 1.58. The lowest BCUT2D eigenvalue weighted by molar-refractivity contribution is 0.575. The molecule has 0 N–H and O–H groups in total. The number of aromatic nitrogens is 3. The highest BCUT2D eigenvalue weighted by atomic mass is 35.5. The molecule has 1 aromatic carbocycles. The van der Waals surface area contributed by atoms with E-state index in [1.165, 1.54) is 16.8 Å². The van der Waals surface area contributed by atoms with Crippen molar-refractivity contribution in [3.8, 4) is 0 Å². The smallest absolute Gasteiger partial charge is 0.180 e. The topological polar surface area (TPSA) is 64.8 Å². The summed E-state index contributed by atoms with van der Waals surface area (Å²) in [5.74, 6) is -0.0614. The summed E-state index contributed by atoms with van der Waals surface area (Å²) in [6, 6.07) is 6.09. The summed E-state index contributed by atoms with van der Waals surface area (Å²) in [5, 5.41) is 7.96. The molecule has 1 atom stereocenters. The maximum absolute atomic E-state index is 12.1. The van der Waals surface area contributed by atoms with Gasteiger partial charge in [-0.3, -0.25) is 4.68 Å². The fraction of sp³-hybridized carbons (Fsp3) is 0.333. The molecule has 0 radical (unpaired) electrons. The number of alkyl halides is 1. The number of aryl methyl sites for hydroxylation is 1. The van der Waals surface area contributed by atoms with Gasteiger partial charge in [0, 0.05) is 11.2 Å². The van der Waals surface area contributed by atoms with Gasteiger partial charge in [0.1, 0.15) is 5.69 Å². The average molecular weight is 334 g/mol. The van der Waals surface area contributed by atoms with Crippen LogP contribution in [-0.2, 0) is 16.4 Å². The number of halogens is 2. The molecule has 108 valence electrons. The van der Waals surface area contributed by atoms with E-state index in [1.54, 1.807) is 25.3 Å². The van der Waals surface area contributed by atoms with Crippen LogP contribution in [0.3, 0.4) is 0 Å². The zero-order valence-corrected chi connectivity index (χ0v) is 13.0. The van der Waals surface area contributed by atoms with E-state index in [1.807, 2.05) is 0 Å². The third kappa shape index (κ3) is 3.71. The number of rotatable bonds is 5. The molecule has 1 aromatic heterocycles. The Morgan fingerprint density at radius 2 is 1.95 bits per heavy atom. The molecule has 2 aromatic rings. The zero-order valence-electron chi connectivity index (χ0n) is 10.7. The Morgan fingerprint density at radius 3 is 2.50 bits per heavy atom. The molecule has 0 bridgehead atoms. The molecule has 0 fully saturated rings. The van der Waals surface area contributed by atoms with E-state index in [0.717, 1.165) is 0 Å². The Labute approximate surface area is 127 Å². The molecule has 1 unspecified atom stereocenters. The predicted octanol–water partition coefficient (Wildman–Crippen LogP) is 2.71. The van der Waals surface area contributed by atoms with Gasteiger partial charge in [0.2, 0.25) is 0 Å². The molecular formula is C12H13Cl2N3O2S. The summed E-state index contributed by atoms with van der Waals surface area (Å²) in [5.41, 5.74) is 0.621. The highest BCUT2D eigenvalue weighted by Gasteiger charge is 2.15. The molecule has 2 rings (SSSR count). The summed E-state index contributed by atoms with van der Waals surface area (Å²) < 4.78 is 25.7. The lowest BCUT2D eigenvalue weighted by Gasteiger charge is -2.04. The summed E-state index contributed by atoms with van der Waals surface area (Å²) in [6.07, 6.45) is 1.65. The van der Waals surface area contributed by atoms with Crippen LogP contribution in [0.4, 0.5) is 0 Å². The van der Waals surface area contributed by atoms with Gasteiger partial charge in [-0.2, -0.15) is 0 Å². The first-order chi connectivity index (χ1) is 9.38. The monoisotopic (exact) mass is 333 g/mol. The van der Waals surface area contributed by atoms with Crippen LogP contribution < -0.4 is 0 Å². The van der Waals surface area contributed by atoms with Gasteiger partial charge in [-0.15, -0.1) is 16.7 Å². The summed E-state index contributed by atoms with van der Waals surface area (Å²) in [6.45, 7) is 2.00. The Bertz CT molecular complexity index is 681. The van der Waals surface area contributed by atoms with Gasteiger partial charge in [-0.05, 0) is 31.2 Å². The van der Waals surface area contributed by atoms with Gasteiger partial charge in [-0.1, -0.05) is 16.8 Å². The van der Waals surface area contributed by atoms with Crippen molar-refractivity contribution >= 4 is 33.0 Å². The summed E-state index contributed by atoms with van der Waals surface area (Å²) >= 11 is 11.6. The van der Waals surface area contributed by atoms with Crippen LogP contribution in [0, 0.1) is 0 Å². The predicted molar refractivity (Wildman–Crippen MR) is 77.8 cm³/mol. The quantitative estimate of drug-likeness (QED) is 0.789. The zero-order chi connectivity index (χ0) is 14.8. The van der Waals surface area contributed by atoms with Crippen molar-refractivity contribution in [1.82, 2.24) is 15.0 Å². The van der Waals surface area contributed by atoms with Gasteiger partial charge in [0.15, 0.2) is 9.84 Å². The van der Waals surface area contributed by atoms with Crippen LogP contribution >= 0.6 is 23.2 Å². The van der Waals surface area contributed by atoms with Gasteiger partial charge in [0.05, 0.1) is 22.6 Å². The Balaban J connectivity index is 2.07. The second-order valence-corrected chi connectivity index (χ2v) is 7.50. The Kier molecular flexibility index (Phi) is 4.67. The van der Waals surface area contributed by atoms with Crippen molar-refractivity contribution in [1.29, 1.82) is 0 Å². The third-order valence-electron chi connectivity index (χ3n) is 2.73. The van der Waals surface area contributed by atoms with Crippen molar-refractivity contribution < 1.29 is 8.42 Å². The van der Waals surface area contributed by atoms with Crippen molar-refractivity contribution in [2.45, 2.75) is 23.7 Å². The first kappa shape index (κ1) is 15.3. The fourth-order valence-corrected chi connectivity index (χ4v) is 3.02. The molecule has 5 nitrogen and oxygen atoms in total. The lowest BCUT2D eigenvalue weighted by atomic mass is 10.4. The maximum Gasteiger partial charge on any atom is 0.180 e. The molecule has 0 aliphatic carbocycles. The van der Waals surface area contributed by atoms with Crippen molar-refractivity contribution in [2.75, 3.05) is 5.75 Å². The van der Waals surface area contributed by atoms with E-state index >= 15 is 0 Å². The van der Waals surface area contributed by atoms with Crippen LogP contribution in [0.1, 0.15) is 18.0 Å². The normalized spacial score (nSPS) is 13.3. The summed E-state index contributed by atoms with van der Waals surface area (Å²) in [4.78, 5) is 0.243. The largest absolute Gasteiger partial charge is 0.251 e. The number of hydrogen-bond donors (Lipinski definition) is 0. The molecule has 8 heteroatoms. The van der Waals surface area contributed by atoms with Crippen LogP contribution in [0.2, 0.25) is 5.02 Å². The van der Waals surface area contributed by atoms with Gasteiger partial charge in [0.25, 0.3) is 0 Å². The molecule has 0 saturated carbocycles. The van der Waals surface area contributed by atoms with Gasteiger partial charge < -0.3 is 0 Å². The number of hydrogen-bond acceptors (Lipinski definition) is 4. The first-order valence-electron chi connectivity index (χ1n) is 5.91. The minimum atomic E-state index is -3.37. The minimum absolute atomic E-state index is 0.0614. The molecule has 0 amide bonds. The molecule has 0 aliphatic heterocycles. The van der Waals surface area contributed by atoms with Crippen LogP contribution in [0.5, 0.6) is 0 Å². The van der Waals surface area contributed by atoms with Gasteiger partial charge in [-0.25, -0.2) is 8.42 Å². The Morgan fingerprint density at radius 1 is 1.30 bits per heavy atom. The SMILES string of the molecule is CC(Cl)c1cn(CCS(=O)(=O)c2ccc(Cl)cc2)nn1. The molecule has 1 heterocycles. The van der Waals surface area contributed by atoms with E-state index in [2.05, 4.69) is 10.3 Å². The van der Waals surface area contributed by atoms with Crippen molar-refractivity contribution in [3.63, 3.8) is 0 Å². The van der Waals surface area contributed by atoms with E-state index < -0.39 is 9.84 Å². The van der Waals surface area contributed by atoms with E-state index in [4.69, 9.17) is 23.2 Å². The number of nitrogens with zero attached hydrogens (tertiary/aromatic N) is 3. The van der Waals surface area contributed by atoms with E-state index in [9.17, 15) is 8.42 Å². The highest BCUT2D eigenvalue weighted by Crippen LogP contribution is 2.17. The minimum Gasteiger partial charge on any atom is -0.251 e. The summed E-state index contributed by atoms with van der Waals surface area (Å²) in [7, 11) is -3.37. The van der Waals surface area contributed by atoms with Crippen LogP contribution in [-0.4, -0.2) is 29.2 Å². The number of sulfone groups is 1. The second kappa shape index (κ2) is 6.11. The standard InChI is InChI=1S/C12H13Cl2N3O2S/c1-9(13)12-8-17(16-15-12)6-7-20(18,19)11-4-2-10(14)3-5-11/h2-5,8-9H,6-7H2,1H3. The van der Waals surface area contributed by atoms with E-state index in [0.29, 0.717) is 10.7 Å². The first-order valence-corrected chi connectivity index (χ1v) is 8.37.